The molecule has 0 unspecified atom stereocenters. The summed E-state index contributed by atoms with van der Waals surface area (Å²) in [6.45, 7) is 6.13. The number of hydrogen-bond donors (Lipinski definition) is 1. The zero-order valence-electron chi connectivity index (χ0n) is 5.41. The predicted molar refractivity (Wildman–Crippen MR) is 46.7 cm³/mol. The normalized spacial score (nSPS) is 8.67. The van der Waals surface area contributed by atoms with E-state index in [2.05, 4.69) is 11.9 Å². The minimum Gasteiger partial charge on any atom is -0.352 e. The molecule has 3 heteroatoms. The van der Waals surface area contributed by atoms with E-state index in [4.69, 9.17) is 0 Å². The summed E-state index contributed by atoms with van der Waals surface area (Å²) in [6.07, 6.45) is 0. The molecule has 0 saturated heterocycles. The Kier molecular flexibility index (Phi) is 4.75. The molecule has 0 aromatic rings. The monoisotopic (exact) mass is 239 g/mol. The van der Waals surface area contributed by atoms with Crippen molar-refractivity contribution in [1.29, 1.82) is 0 Å². The SMILES string of the molecule is C=C(C)CNC(=O)CI. The summed E-state index contributed by atoms with van der Waals surface area (Å²) in [5.41, 5.74) is 0.980. The van der Waals surface area contributed by atoms with Crippen LogP contribution >= 0.6 is 22.6 Å². The van der Waals surface area contributed by atoms with E-state index in [0.29, 0.717) is 11.0 Å². The Morgan fingerprint density at radius 2 is 2.33 bits per heavy atom. The fourth-order valence-corrected chi connectivity index (χ4v) is 0.566. The van der Waals surface area contributed by atoms with Gasteiger partial charge < -0.3 is 5.32 Å². The van der Waals surface area contributed by atoms with Crippen LogP contribution in [0, 0.1) is 0 Å². The first-order chi connectivity index (χ1) is 4.16. The van der Waals surface area contributed by atoms with Crippen molar-refractivity contribution in [1.82, 2.24) is 5.32 Å². The van der Waals surface area contributed by atoms with Crippen molar-refractivity contribution in [3.8, 4) is 0 Å². The van der Waals surface area contributed by atoms with Gasteiger partial charge in [-0.3, -0.25) is 4.79 Å². The van der Waals surface area contributed by atoms with E-state index < -0.39 is 0 Å². The van der Waals surface area contributed by atoms with Gasteiger partial charge in [0.1, 0.15) is 0 Å². The first kappa shape index (κ1) is 8.94. The van der Waals surface area contributed by atoms with Gasteiger partial charge in [-0.15, -0.1) is 0 Å². The third-order valence-corrected chi connectivity index (χ3v) is 1.40. The number of carbonyl (C=O) groups excluding carboxylic acids is 1. The number of rotatable bonds is 3. The van der Waals surface area contributed by atoms with E-state index in [9.17, 15) is 4.79 Å². The lowest BCUT2D eigenvalue weighted by Crippen LogP contribution is -2.25. The van der Waals surface area contributed by atoms with Crippen LogP contribution in [0.1, 0.15) is 6.92 Å². The molecule has 0 heterocycles. The average molecular weight is 239 g/mol. The fraction of sp³-hybridized carbons (Fsp3) is 0.500. The molecule has 9 heavy (non-hydrogen) atoms. The summed E-state index contributed by atoms with van der Waals surface area (Å²) in [5, 5.41) is 2.69. The van der Waals surface area contributed by atoms with Gasteiger partial charge in [0.15, 0.2) is 0 Å². The molecular formula is C6H10INO. The van der Waals surface area contributed by atoms with Crippen LogP contribution < -0.4 is 5.32 Å². The van der Waals surface area contributed by atoms with E-state index in [-0.39, 0.29) is 5.91 Å². The van der Waals surface area contributed by atoms with Crippen molar-refractivity contribution in [2.75, 3.05) is 11.0 Å². The van der Waals surface area contributed by atoms with Crippen molar-refractivity contribution in [3.05, 3.63) is 12.2 Å². The van der Waals surface area contributed by atoms with Gasteiger partial charge in [-0.25, -0.2) is 0 Å². The highest BCUT2D eigenvalue weighted by atomic mass is 127. The Morgan fingerprint density at radius 1 is 1.78 bits per heavy atom. The van der Waals surface area contributed by atoms with Gasteiger partial charge in [-0.05, 0) is 6.92 Å². The third-order valence-electron chi connectivity index (χ3n) is 0.709. The van der Waals surface area contributed by atoms with Crippen LogP contribution in [-0.4, -0.2) is 16.9 Å². The molecule has 0 rings (SSSR count). The maximum absolute atomic E-state index is 10.6. The van der Waals surface area contributed by atoms with E-state index in [0.717, 1.165) is 5.57 Å². The van der Waals surface area contributed by atoms with Crippen LogP contribution in [0.4, 0.5) is 0 Å². The molecule has 0 bridgehead atoms. The molecule has 0 fully saturated rings. The highest BCUT2D eigenvalue weighted by Gasteiger charge is 1.93. The Hall–Kier alpha value is -0.0600. The Labute approximate surface area is 68.8 Å². The standard InChI is InChI=1S/C6H10INO/c1-5(2)4-8-6(9)3-7/h1,3-4H2,2H3,(H,8,9). The van der Waals surface area contributed by atoms with E-state index >= 15 is 0 Å². The first-order valence-corrected chi connectivity index (χ1v) is 4.16. The summed E-state index contributed by atoms with van der Waals surface area (Å²) < 4.78 is 0.519. The average Bonchev–Trinajstić information content (AvgIpc) is 1.83. The van der Waals surface area contributed by atoms with Gasteiger partial charge >= 0.3 is 0 Å². The van der Waals surface area contributed by atoms with Crippen LogP contribution in [-0.2, 0) is 4.79 Å². The molecule has 1 amide bonds. The molecule has 0 aliphatic carbocycles. The molecule has 0 aromatic heterocycles. The highest BCUT2D eigenvalue weighted by Crippen LogP contribution is 1.83. The smallest absolute Gasteiger partial charge is 0.230 e. The molecule has 0 aromatic carbocycles. The van der Waals surface area contributed by atoms with Crippen LogP contribution in [0.2, 0.25) is 0 Å². The molecule has 0 saturated carbocycles. The number of carbonyl (C=O) groups is 1. The summed E-state index contributed by atoms with van der Waals surface area (Å²) in [4.78, 5) is 10.6. The third kappa shape index (κ3) is 5.82. The van der Waals surface area contributed by atoms with Crippen LogP contribution in [0.15, 0.2) is 12.2 Å². The van der Waals surface area contributed by atoms with Gasteiger partial charge in [0.05, 0.1) is 4.43 Å². The number of hydrogen-bond acceptors (Lipinski definition) is 1. The largest absolute Gasteiger partial charge is 0.352 e. The molecule has 0 spiro atoms. The van der Waals surface area contributed by atoms with E-state index in [1.54, 1.807) is 0 Å². The zero-order chi connectivity index (χ0) is 7.28. The molecule has 0 radical (unpaired) electrons. The second-order valence-electron chi connectivity index (χ2n) is 1.87. The van der Waals surface area contributed by atoms with Crippen molar-refractivity contribution < 1.29 is 4.79 Å². The minimum absolute atomic E-state index is 0.0681. The summed E-state index contributed by atoms with van der Waals surface area (Å²) in [7, 11) is 0. The van der Waals surface area contributed by atoms with Crippen molar-refractivity contribution in [3.63, 3.8) is 0 Å². The lowest BCUT2D eigenvalue weighted by Gasteiger charge is -1.99. The second-order valence-corrected chi connectivity index (χ2v) is 2.63. The maximum Gasteiger partial charge on any atom is 0.230 e. The van der Waals surface area contributed by atoms with Crippen LogP contribution in [0.5, 0.6) is 0 Å². The lowest BCUT2D eigenvalue weighted by molar-refractivity contribution is -0.118. The van der Waals surface area contributed by atoms with E-state index in [1.165, 1.54) is 0 Å². The van der Waals surface area contributed by atoms with Gasteiger partial charge in [0, 0.05) is 6.54 Å². The lowest BCUT2D eigenvalue weighted by atomic mass is 10.3. The number of halogens is 1. The maximum atomic E-state index is 10.6. The second kappa shape index (κ2) is 4.78. The Bertz CT molecular complexity index is 122. The molecule has 0 atom stereocenters. The quantitative estimate of drug-likeness (QED) is 0.446. The number of amides is 1. The highest BCUT2D eigenvalue weighted by molar-refractivity contribution is 14.1. The zero-order valence-corrected chi connectivity index (χ0v) is 7.57. The van der Waals surface area contributed by atoms with Crippen molar-refractivity contribution >= 4 is 28.5 Å². The van der Waals surface area contributed by atoms with Crippen LogP contribution in [0.3, 0.4) is 0 Å². The first-order valence-electron chi connectivity index (χ1n) is 2.64. The van der Waals surface area contributed by atoms with Crippen LogP contribution in [0.25, 0.3) is 0 Å². The number of alkyl halides is 1. The topological polar surface area (TPSA) is 29.1 Å². The molecular weight excluding hydrogens is 229 g/mol. The molecule has 0 aliphatic rings. The summed E-state index contributed by atoms with van der Waals surface area (Å²) in [6, 6.07) is 0. The van der Waals surface area contributed by atoms with Gasteiger partial charge in [-0.2, -0.15) is 0 Å². The van der Waals surface area contributed by atoms with Gasteiger partial charge in [0.2, 0.25) is 5.91 Å². The summed E-state index contributed by atoms with van der Waals surface area (Å²) >= 11 is 2.02. The predicted octanol–water partition coefficient (Wildman–Crippen LogP) is 1.11. The van der Waals surface area contributed by atoms with Crippen molar-refractivity contribution in [2.45, 2.75) is 6.92 Å². The van der Waals surface area contributed by atoms with Crippen molar-refractivity contribution in [2.24, 2.45) is 0 Å². The Morgan fingerprint density at radius 3 is 2.67 bits per heavy atom. The molecule has 0 aliphatic heterocycles. The number of nitrogens with one attached hydrogen (secondary N) is 1. The molecule has 1 N–H and O–H groups in total. The van der Waals surface area contributed by atoms with Gasteiger partial charge in [-0.1, -0.05) is 34.7 Å². The van der Waals surface area contributed by atoms with E-state index in [1.807, 2.05) is 29.5 Å². The molecule has 52 valence electrons. The fourth-order valence-electron chi connectivity index (χ4n) is 0.297. The summed E-state index contributed by atoms with van der Waals surface area (Å²) in [5.74, 6) is 0.0681. The Balaban J connectivity index is 3.28. The minimum atomic E-state index is 0.0681. The van der Waals surface area contributed by atoms with Gasteiger partial charge in [0.25, 0.3) is 0 Å². The molecule has 2 nitrogen and oxygen atoms in total.